The average Bonchev–Trinajstić information content (AvgIpc) is 2.43. The van der Waals surface area contributed by atoms with Crippen molar-refractivity contribution in [1.29, 1.82) is 0 Å². The summed E-state index contributed by atoms with van der Waals surface area (Å²) < 4.78 is 6.02. The smallest absolute Gasteiger partial charge is 0.0945 e. The lowest BCUT2D eigenvalue weighted by Crippen LogP contribution is -2.49. The quantitative estimate of drug-likeness (QED) is 0.833. The van der Waals surface area contributed by atoms with Crippen molar-refractivity contribution in [3.05, 3.63) is 33.8 Å². The molecule has 0 bridgehead atoms. The maximum absolute atomic E-state index is 10.8. The number of hydrogen-bond acceptors (Lipinski definition) is 2. The molecule has 0 heterocycles. The Balaban J connectivity index is 2.18. The van der Waals surface area contributed by atoms with Gasteiger partial charge in [0.25, 0.3) is 0 Å². The molecule has 1 aliphatic rings. The highest BCUT2D eigenvalue weighted by molar-refractivity contribution is 6.33. The summed E-state index contributed by atoms with van der Waals surface area (Å²) in [5.74, 6) is 0.579. The lowest BCUT2D eigenvalue weighted by molar-refractivity contribution is -0.146. The highest BCUT2D eigenvalue weighted by Crippen LogP contribution is 2.39. The van der Waals surface area contributed by atoms with Crippen molar-refractivity contribution in [3.63, 3.8) is 0 Å². The standard InChI is InChI=1S/C17H24Cl2O2/c1-3-21-17(8-4-5-12(2)11-17)16(20)10-13-9-14(18)6-7-15(13)19/h6-7,9,12,16,20H,3-5,8,10-11H2,1-2H3. The topological polar surface area (TPSA) is 29.5 Å². The SMILES string of the molecule is CCOC1(C(O)Cc2cc(Cl)ccc2Cl)CCCC(C)C1. The maximum atomic E-state index is 10.8. The molecular formula is C17H24Cl2O2. The minimum absolute atomic E-state index is 0.446. The molecule has 1 aromatic rings. The Hall–Kier alpha value is -0.280. The first-order chi connectivity index (χ1) is 9.97. The van der Waals surface area contributed by atoms with E-state index < -0.39 is 11.7 Å². The maximum Gasteiger partial charge on any atom is 0.0945 e. The first-order valence-electron chi connectivity index (χ1n) is 7.73. The van der Waals surface area contributed by atoms with E-state index in [1.807, 2.05) is 13.0 Å². The van der Waals surface area contributed by atoms with Crippen molar-refractivity contribution in [3.8, 4) is 0 Å². The second kappa shape index (κ2) is 7.32. The van der Waals surface area contributed by atoms with Gasteiger partial charge in [0.05, 0.1) is 11.7 Å². The van der Waals surface area contributed by atoms with Crippen LogP contribution in [0.15, 0.2) is 18.2 Å². The number of aliphatic hydroxyl groups is 1. The van der Waals surface area contributed by atoms with Crippen molar-refractivity contribution in [2.24, 2.45) is 5.92 Å². The summed E-state index contributed by atoms with van der Waals surface area (Å²) in [6, 6.07) is 5.38. The summed E-state index contributed by atoms with van der Waals surface area (Å²) in [6.45, 7) is 4.83. The number of aliphatic hydroxyl groups excluding tert-OH is 1. The van der Waals surface area contributed by atoms with Crippen molar-refractivity contribution < 1.29 is 9.84 Å². The van der Waals surface area contributed by atoms with Crippen LogP contribution in [0.3, 0.4) is 0 Å². The Kier molecular flexibility index (Phi) is 5.96. The second-order valence-corrected chi connectivity index (χ2v) is 7.00. The summed E-state index contributed by atoms with van der Waals surface area (Å²) >= 11 is 12.3. The van der Waals surface area contributed by atoms with Crippen molar-refractivity contribution >= 4 is 23.2 Å². The third-order valence-corrected chi connectivity index (χ3v) is 5.05. The normalized spacial score (nSPS) is 27.6. The molecule has 2 nitrogen and oxygen atoms in total. The fraction of sp³-hybridized carbons (Fsp3) is 0.647. The summed E-state index contributed by atoms with van der Waals surface area (Å²) in [7, 11) is 0. The summed E-state index contributed by atoms with van der Waals surface area (Å²) in [6.07, 6.45) is 4.04. The molecule has 2 rings (SSSR count). The molecule has 1 fully saturated rings. The predicted molar refractivity (Wildman–Crippen MR) is 88.2 cm³/mol. The molecule has 0 aliphatic heterocycles. The Morgan fingerprint density at radius 2 is 2.19 bits per heavy atom. The van der Waals surface area contributed by atoms with Crippen LogP contribution in [0, 0.1) is 5.92 Å². The molecular weight excluding hydrogens is 307 g/mol. The lowest BCUT2D eigenvalue weighted by atomic mass is 9.74. The van der Waals surface area contributed by atoms with E-state index in [1.54, 1.807) is 12.1 Å². The van der Waals surface area contributed by atoms with Gasteiger partial charge in [-0.25, -0.2) is 0 Å². The fourth-order valence-electron chi connectivity index (χ4n) is 3.46. The molecule has 0 aromatic heterocycles. The number of halogens is 2. The number of ether oxygens (including phenoxy) is 1. The Bertz CT molecular complexity index is 474. The molecule has 1 aliphatic carbocycles. The lowest BCUT2D eigenvalue weighted by Gasteiger charge is -2.43. The van der Waals surface area contributed by atoms with Gasteiger partial charge in [-0.15, -0.1) is 0 Å². The van der Waals surface area contributed by atoms with Crippen LogP contribution in [0.1, 0.15) is 45.1 Å². The molecule has 1 N–H and O–H groups in total. The molecule has 21 heavy (non-hydrogen) atoms. The van der Waals surface area contributed by atoms with Crippen molar-refractivity contribution in [2.45, 2.75) is 57.7 Å². The highest BCUT2D eigenvalue weighted by Gasteiger charge is 2.42. The molecule has 1 aromatic carbocycles. The van der Waals surface area contributed by atoms with Gasteiger partial charge in [-0.1, -0.05) is 43.0 Å². The van der Waals surface area contributed by atoms with Crippen LogP contribution in [0.5, 0.6) is 0 Å². The van der Waals surface area contributed by atoms with Crippen LogP contribution >= 0.6 is 23.2 Å². The van der Waals surface area contributed by atoms with Crippen LogP contribution in [-0.2, 0) is 11.2 Å². The fourth-order valence-corrected chi connectivity index (χ4v) is 3.84. The van der Waals surface area contributed by atoms with Crippen LogP contribution in [0.2, 0.25) is 10.0 Å². The zero-order chi connectivity index (χ0) is 15.5. The molecule has 0 amide bonds. The van der Waals surface area contributed by atoms with Crippen LogP contribution in [-0.4, -0.2) is 23.4 Å². The van der Waals surface area contributed by atoms with E-state index in [9.17, 15) is 5.11 Å². The minimum Gasteiger partial charge on any atom is -0.390 e. The van der Waals surface area contributed by atoms with E-state index in [1.165, 1.54) is 6.42 Å². The van der Waals surface area contributed by atoms with E-state index >= 15 is 0 Å². The molecule has 0 spiro atoms. The predicted octanol–water partition coefficient (Wildman–Crippen LogP) is 4.88. The van der Waals surface area contributed by atoms with Crippen LogP contribution in [0.4, 0.5) is 0 Å². The molecule has 3 unspecified atom stereocenters. The Morgan fingerprint density at radius 3 is 2.86 bits per heavy atom. The van der Waals surface area contributed by atoms with Gasteiger partial charge in [0.2, 0.25) is 0 Å². The Labute approximate surface area is 137 Å². The molecule has 3 atom stereocenters. The third kappa shape index (κ3) is 4.13. The van der Waals surface area contributed by atoms with Crippen LogP contribution in [0.25, 0.3) is 0 Å². The second-order valence-electron chi connectivity index (χ2n) is 6.15. The highest BCUT2D eigenvalue weighted by atomic mass is 35.5. The minimum atomic E-state index is -0.559. The van der Waals surface area contributed by atoms with E-state index in [2.05, 4.69) is 6.92 Å². The molecule has 1 saturated carbocycles. The van der Waals surface area contributed by atoms with E-state index in [-0.39, 0.29) is 0 Å². The summed E-state index contributed by atoms with van der Waals surface area (Å²) in [5, 5.41) is 12.1. The van der Waals surface area contributed by atoms with Gasteiger partial charge in [-0.2, -0.15) is 0 Å². The first-order valence-corrected chi connectivity index (χ1v) is 8.48. The third-order valence-electron chi connectivity index (χ3n) is 4.45. The van der Waals surface area contributed by atoms with Gasteiger partial charge >= 0.3 is 0 Å². The van der Waals surface area contributed by atoms with Gasteiger partial charge in [0.1, 0.15) is 0 Å². The number of rotatable bonds is 5. The van der Waals surface area contributed by atoms with Crippen LogP contribution < -0.4 is 0 Å². The zero-order valence-electron chi connectivity index (χ0n) is 12.7. The zero-order valence-corrected chi connectivity index (χ0v) is 14.3. The van der Waals surface area contributed by atoms with Gasteiger partial charge in [0, 0.05) is 23.1 Å². The van der Waals surface area contributed by atoms with E-state index in [0.717, 1.165) is 24.8 Å². The molecule has 4 heteroatoms. The molecule has 118 valence electrons. The Morgan fingerprint density at radius 1 is 1.43 bits per heavy atom. The average molecular weight is 331 g/mol. The monoisotopic (exact) mass is 330 g/mol. The van der Waals surface area contributed by atoms with Gasteiger partial charge in [0.15, 0.2) is 0 Å². The largest absolute Gasteiger partial charge is 0.390 e. The summed E-state index contributed by atoms with van der Waals surface area (Å²) in [5.41, 5.74) is 0.437. The van der Waals surface area contributed by atoms with E-state index in [4.69, 9.17) is 27.9 Å². The van der Waals surface area contributed by atoms with Crippen molar-refractivity contribution in [2.75, 3.05) is 6.61 Å². The van der Waals surface area contributed by atoms with E-state index in [0.29, 0.717) is 29.0 Å². The summed E-state index contributed by atoms with van der Waals surface area (Å²) in [4.78, 5) is 0. The number of hydrogen-bond donors (Lipinski definition) is 1. The van der Waals surface area contributed by atoms with Gasteiger partial charge in [-0.05, 0) is 49.4 Å². The number of benzene rings is 1. The molecule has 0 saturated heterocycles. The first kappa shape index (κ1) is 17.1. The van der Waals surface area contributed by atoms with Gasteiger partial charge in [-0.3, -0.25) is 0 Å². The van der Waals surface area contributed by atoms with Gasteiger partial charge < -0.3 is 9.84 Å². The van der Waals surface area contributed by atoms with Crippen molar-refractivity contribution in [1.82, 2.24) is 0 Å². The molecule has 0 radical (unpaired) electrons.